The summed E-state index contributed by atoms with van der Waals surface area (Å²) >= 11 is 3.43. The van der Waals surface area contributed by atoms with Crippen LogP contribution >= 0.6 is 15.9 Å². The second-order valence-corrected chi connectivity index (χ2v) is 9.41. The Morgan fingerprint density at radius 2 is 1.63 bits per heavy atom. The molecule has 182 valence electrons. The van der Waals surface area contributed by atoms with Crippen LogP contribution < -0.4 is 15.4 Å². The van der Waals surface area contributed by atoms with E-state index in [9.17, 15) is 9.59 Å². The van der Waals surface area contributed by atoms with Crippen molar-refractivity contribution in [1.29, 1.82) is 0 Å². The van der Waals surface area contributed by atoms with E-state index >= 15 is 0 Å². The minimum Gasteiger partial charge on any atom is -0.462 e. The van der Waals surface area contributed by atoms with Gasteiger partial charge in [0.15, 0.2) is 0 Å². The molecule has 0 atom stereocenters. The minimum atomic E-state index is -0.415. The number of hydrogen-bond donors (Lipinski definition) is 2. The maximum atomic E-state index is 13.1. The Balaban J connectivity index is 1.50. The fourth-order valence-electron chi connectivity index (χ4n) is 4.12. The van der Waals surface area contributed by atoms with Gasteiger partial charge in [-0.3, -0.25) is 4.79 Å². The van der Waals surface area contributed by atoms with Gasteiger partial charge in [-0.25, -0.2) is 4.79 Å². The van der Waals surface area contributed by atoms with Crippen molar-refractivity contribution in [3.63, 3.8) is 0 Å². The fourth-order valence-corrected chi connectivity index (χ4v) is 4.50. The number of benzene rings is 3. The molecular formula is C28H29BrN2O4. The number of ether oxygens (including phenoxy) is 2. The van der Waals surface area contributed by atoms with Gasteiger partial charge < -0.3 is 20.1 Å². The molecule has 0 unspecified atom stereocenters. The molecule has 0 saturated heterocycles. The molecule has 1 aliphatic carbocycles. The quantitative estimate of drug-likeness (QED) is 0.293. The number of rotatable bonds is 8. The smallest absolute Gasteiger partial charge is 0.338 e. The summed E-state index contributed by atoms with van der Waals surface area (Å²) in [5.41, 5.74) is 2.24. The van der Waals surface area contributed by atoms with E-state index in [0.29, 0.717) is 34.4 Å². The average molecular weight is 537 g/mol. The SMILES string of the molecule is CCOC(=O)c1ccc(NC2CCCCC2)c(NC(=O)c2ccc(Oc3cccc(Br)c3)cc2)c1. The summed E-state index contributed by atoms with van der Waals surface area (Å²) in [7, 11) is 0. The summed E-state index contributed by atoms with van der Waals surface area (Å²) in [6.07, 6.45) is 5.81. The summed E-state index contributed by atoms with van der Waals surface area (Å²) in [5.74, 6) is 0.641. The van der Waals surface area contributed by atoms with Crippen LogP contribution in [0.1, 0.15) is 59.7 Å². The Kier molecular flexibility index (Phi) is 8.42. The molecule has 0 bridgehead atoms. The minimum absolute atomic E-state index is 0.272. The monoisotopic (exact) mass is 536 g/mol. The van der Waals surface area contributed by atoms with Crippen LogP contribution in [0.4, 0.5) is 11.4 Å². The molecule has 3 aromatic carbocycles. The van der Waals surface area contributed by atoms with Crippen LogP contribution in [0.25, 0.3) is 0 Å². The summed E-state index contributed by atoms with van der Waals surface area (Å²) in [6.45, 7) is 2.06. The highest BCUT2D eigenvalue weighted by molar-refractivity contribution is 9.10. The molecule has 35 heavy (non-hydrogen) atoms. The Hall–Kier alpha value is -3.32. The third-order valence-electron chi connectivity index (χ3n) is 5.89. The number of halogens is 1. The zero-order valence-electron chi connectivity index (χ0n) is 19.7. The van der Waals surface area contributed by atoms with Crippen LogP contribution in [0.2, 0.25) is 0 Å². The second kappa shape index (κ2) is 11.9. The third-order valence-corrected chi connectivity index (χ3v) is 6.39. The van der Waals surface area contributed by atoms with Crippen LogP contribution in [-0.4, -0.2) is 24.5 Å². The average Bonchev–Trinajstić information content (AvgIpc) is 2.86. The summed E-state index contributed by atoms with van der Waals surface area (Å²) < 4.78 is 11.9. The zero-order chi connectivity index (χ0) is 24.6. The van der Waals surface area contributed by atoms with Gasteiger partial charge in [0, 0.05) is 16.1 Å². The molecular weight excluding hydrogens is 508 g/mol. The summed E-state index contributed by atoms with van der Waals surface area (Å²) in [6, 6.07) is 20.1. The molecule has 4 rings (SSSR count). The number of amides is 1. The van der Waals surface area contributed by atoms with E-state index in [1.807, 2.05) is 30.3 Å². The molecule has 0 spiro atoms. The molecule has 0 radical (unpaired) electrons. The van der Waals surface area contributed by atoms with Crippen molar-refractivity contribution in [1.82, 2.24) is 0 Å². The Bertz CT molecular complexity index is 1170. The Labute approximate surface area is 214 Å². The van der Waals surface area contributed by atoms with Crippen LogP contribution in [0.3, 0.4) is 0 Å². The summed E-state index contributed by atoms with van der Waals surface area (Å²) in [5, 5.41) is 6.53. The lowest BCUT2D eigenvalue weighted by Gasteiger charge is -2.25. The standard InChI is InChI=1S/C28H29BrN2O4/c1-2-34-28(33)20-13-16-25(30-22-8-4-3-5-9-22)26(17-20)31-27(32)19-11-14-23(15-12-19)35-24-10-6-7-21(29)18-24/h6-7,10-18,22,30H,2-5,8-9H2,1H3,(H,31,32). The molecule has 0 aromatic heterocycles. The van der Waals surface area contributed by atoms with Crippen LogP contribution in [0, 0.1) is 0 Å². The third kappa shape index (κ3) is 6.85. The van der Waals surface area contributed by atoms with Crippen molar-refractivity contribution in [3.8, 4) is 11.5 Å². The van der Waals surface area contributed by atoms with Gasteiger partial charge in [-0.2, -0.15) is 0 Å². The van der Waals surface area contributed by atoms with E-state index in [0.717, 1.165) is 23.0 Å². The van der Waals surface area contributed by atoms with Crippen molar-refractivity contribution in [3.05, 3.63) is 82.3 Å². The zero-order valence-corrected chi connectivity index (χ0v) is 21.3. The lowest BCUT2D eigenvalue weighted by atomic mass is 9.95. The topological polar surface area (TPSA) is 76.7 Å². The summed E-state index contributed by atoms with van der Waals surface area (Å²) in [4.78, 5) is 25.4. The maximum Gasteiger partial charge on any atom is 0.338 e. The first kappa shape index (κ1) is 24.8. The second-order valence-electron chi connectivity index (χ2n) is 8.50. The number of hydrogen-bond acceptors (Lipinski definition) is 5. The molecule has 0 aliphatic heterocycles. The molecule has 3 aromatic rings. The lowest BCUT2D eigenvalue weighted by Crippen LogP contribution is -2.23. The predicted octanol–water partition coefficient (Wildman–Crippen LogP) is 7.42. The van der Waals surface area contributed by atoms with Crippen LogP contribution in [0.5, 0.6) is 11.5 Å². The highest BCUT2D eigenvalue weighted by Crippen LogP contribution is 2.29. The van der Waals surface area contributed by atoms with Crippen LogP contribution in [-0.2, 0) is 4.74 Å². The number of carbonyl (C=O) groups is 2. The highest BCUT2D eigenvalue weighted by Gasteiger charge is 2.18. The molecule has 1 aliphatic rings. The van der Waals surface area contributed by atoms with Crippen molar-refractivity contribution in [2.45, 2.75) is 45.1 Å². The number of anilines is 2. The number of nitrogens with one attached hydrogen (secondary N) is 2. The fraction of sp³-hybridized carbons (Fsp3) is 0.286. The van der Waals surface area contributed by atoms with Crippen molar-refractivity contribution in [2.24, 2.45) is 0 Å². The van der Waals surface area contributed by atoms with Gasteiger partial charge >= 0.3 is 5.97 Å². The largest absolute Gasteiger partial charge is 0.462 e. The normalized spacial score (nSPS) is 13.7. The van der Waals surface area contributed by atoms with Gasteiger partial charge in [-0.15, -0.1) is 0 Å². The van der Waals surface area contributed by atoms with Gasteiger partial charge in [0.25, 0.3) is 5.91 Å². The van der Waals surface area contributed by atoms with E-state index in [1.165, 1.54) is 19.3 Å². The van der Waals surface area contributed by atoms with Crippen molar-refractivity contribution in [2.75, 3.05) is 17.2 Å². The van der Waals surface area contributed by atoms with Gasteiger partial charge in [-0.1, -0.05) is 41.3 Å². The first-order valence-electron chi connectivity index (χ1n) is 11.9. The predicted molar refractivity (Wildman–Crippen MR) is 142 cm³/mol. The molecule has 1 saturated carbocycles. The van der Waals surface area contributed by atoms with E-state index < -0.39 is 5.97 Å². The van der Waals surface area contributed by atoms with Gasteiger partial charge in [0.1, 0.15) is 11.5 Å². The highest BCUT2D eigenvalue weighted by atomic mass is 79.9. The van der Waals surface area contributed by atoms with Crippen LogP contribution in [0.15, 0.2) is 71.2 Å². The van der Waals surface area contributed by atoms with Gasteiger partial charge in [0.05, 0.1) is 23.5 Å². The van der Waals surface area contributed by atoms with Gasteiger partial charge in [0.2, 0.25) is 0 Å². The maximum absolute atomic E-state index is 13.1. The number of esters is 1. The molecule has 6 nitrogen and oxygen atoms in total. The van der Waals surface area contributed by atoms with Crippen molar-refractivity contribution >= 4 is 39.2 Å². The molecule has 1 amide bonds. The Morgan fingerprint density at radius 3 is 2.34 bits per heavy atom. The Morgan fingerprint density at radius 1 is 0.886 bits per heavy atom. The van der Waals surface area contributed by atoms with Crippen molar-refractivity contribution < 1.29 is 19.1 Å². The van der Waals surface area contributed by atoms with E-state index in [4.69, 9.17) is 9.47 Å². The first-order valence-corrected chi connectivity index (χ1v) is 12.7. The van der Waals surface area contributed by atoms with Gasteiger partial charge in [-0.05, 0) is 80.4 Å². The molecule has 1 fully saturated rings. The van der Waals surface area contributed by atoms with E-state index in [1.54, 1.807) is 43.3 Å². The van der Waals surface area contributed by atoms with E-state index in [-0.39, 0.29) is 12.5 Å². The molecule has 7 heteroatoms. The molecule has 2 N–H and O–H groups in total. The lowest BCUT2D eigenvalue weighted by molar-refractivity contribution is 0.0526. The van der Waals surface area contributed by atoms with E-state index in [2.05, 4.69) is 26.6 Å². The molecule has 0 heterocycles. The first-order chi connectivity index (χ1) is 17.0. The number of carbonyl (C=O) groups excluding carboxylic acids is 2.